The molecule has 2 N–H and O–H groups in total. The van der Waals surface area contributed by atoms with Crippen LogP contribution in [0, 0.1) is 6.92 Å². The van der Waals surface area contributed by atoms with E-state index in [0.717, 1.165) is 17.9 Å². The molecule has 0 aromatic carbocycles. The Balaban J connectivity index is 2.24. The number of aryl methyl sites for hydroxylation is 1. The standard InChI is InChI=1S/C14H23N3/c1-3-12(15)14-16-10(2)9-13(17-14)11-7-5-4-6-8-11/h9,11-12H,3-8,15H2,1-2H3. The number of nitrogens with two attached hydrogens (primary N) is 1. The number of aromatic nitrogens is 2. The predicted molar refractivity (Wildman–Crippen MR) is 69.8 cm³/mol. The second kappa shape index (κ2) is 5.58. The number of hydrogen-bond acceptors (Lipinski definition) is 3. The first-order chi connectivity index (χ1) is 8.20. The SMILES string of the molecule is CCC(N)c1nc(C)cc(C2CCCCC2)n1. The molecule has 0 spiro atoms. The average Bonchev–Trinajstić information content (AvgIpc) is 2.38. The summed E-state index contributed by atoms with van der Waals surface area (Å²) in [5.41, 5.74) is 8.31. The summed E-state index contributed by atoms with van der Waals surface area (Å²) in [5.74, 6) is 1.46. The lowest BCUT2D eigenvalue weighted by Crippen LogP contribution is -2.16. The molecule has 0 aliphatic heterocycles. The molecule has 0 saturated heterocycles. The zero-order chi connectivity index (χ0) is 12.3. The number of nitrogens with zero attached hydrogens (tertiary/aromatic N) is 2. The normalized spacial score (nSPS) is 19.2. The van der Waals surface area contributed by atoms with Crippen LogP contribution in [0.15, 0.2) is 6.07 Å². The molecule has 17 heavy (non-hydrogen) atoms. The zero-order valence-electron chi connectivity index (χ0n) is 10.9. The Bertz CT molecular complexity index is 370. The predicted octanol–water partition coefficient (Wildman–Crippen LogP) is 3.24. The van der Waals surface area contributed by atoms with E-state index in [-0.39, 0.29) is 6.04 Å². The molecule has 2 rings (SSSR count). The van der Waals surface area contributed by atoms with Gasteiger partial charge in [0, 0.05) is 17.3 Å². The molecule has 1 atom stereocenters. The van der Waals surface area contributed by atoms with Crippen LogP contribution in [0.5, 0.6) is 0 Å². The molecular weight excluding hydrogens is 210 g/mol. The summed E-state index contributed by atoms with van der Waals surface area (Å²) in [7, 11) is 0. The highest BCUT2D eigenvalue weighted by Gasteiger charge is 2.19. The third-order valence-electron chi connectivity index (χ3n) is 3.69. The van der Waals surface area contributed by atoms with E-state index in [1.807, 2.05) is 6.92 Å². The van der Waals surface area contributed by atoms with Crippen molar-refractivity contribution < 1.29 is 0 Å². The van der Waals surface area contributed by atoms with E-state index in [0.29, 0.717) is 5.92 Å². The first-order valence-corrected chi connectivity index (χ1v) is 6.81. The fourth-order valence-electron chi connectivity index (χ4n) is 2.57. The van der Waals surface area contributed by atoms with E-state index in [9.17, 15) is 0 Å². The van der Waals surface area contributed by atoms with Crippen LogP contribution in [0.25, 0.3) is 0 Å². The van der Waals surface area contributed by atoms with Crippen LogP contribution >= 0.6 is 0 Å². The Kier molecular flexibility index (Phi) is 4.11. The smallest absolute Gasteiger partial charge is 0.145 e. The van der Waals surface area contributed by atoms with Gasteiger partial charge in [0.05, 0.1) is 6.04 Å². The van der Waals surface area contributed by atoms with Crippen molar-refractivity contribution in [2.24, 2.45) is 5.73 Å². The molecule has 1 aromatic rings. The van der Waals surface area contributed by atoms with Crippen LogP contribution in [0.4, 0.5) is 0 Å². The van der Waals surface area contributed by atoms with Crippen molar-refractivity contribution in [1.82, 2.24) is 9.97 Å². The number of hydrogen-bond donors (Lipinski definition) is 1. The lowest BCUT2D eigenvalue weighted by Gasteiger charge is -2.22. The Labute approximate surface area is 104 Å². The minimum Gasteiger partial charge on any atom is -0.321 e. The maximum atomic E-state index is 6.04. The Morgan fingerprint density at radius 2 is 2.00 bits per heavy atom. The lowest BCUT2D eigenvalue weighted by atomic mass is 9.86. The van der Waals surface area contributed by atoms with Crippen LogP contribution in [0.2, 0.25) is 0 Å². The van der Waals surface area contributed by atoms with Crippen molar-refractivity contribution in [2.75, 3.05) is 0 Å². The monoisotopic (exact) mass is 233 g/mol. The molecular formula is C14H23N3. The van der Waals surface area contributed by atoms with E-state index in [1.165, 1.54) is 37.8 Å². The van der Waals surface area contributed by atoms with Crippen LogP contribution in [0.1, 0.15) is 74.6 Å². The third kappa shape index (κ3) is 3.03. The maximum Gasteiger partial charge on any atom is 0.145 e. The molecule has 94 valence electrons. The summed E-state index contributed by atoms with van der Waals surface area (Å²) in [6.07, 6.45) is 7.50. The summed E-state index contributed by atoms with van der Waals surface area (Å²) in [5, 5.41) is 0. The Hall–Kier alpha value is -0.960. The van der Waals surface area contributed by atoms with Gasteiger partial charge in [-0.05, 0) is 32.3 Å². The van der Waals surface area contributed by atoms with Gasteiger partial charge in [0.1, 0.15) is 5.82 Å². The maximum absolute atomic E-state index is 6.04. The Morgan fingerprint density at radius 3 is 2.65 bits per heavy atom. The summed E-state index contributed by atoms with van der Waals surface area (Å²) >= 11 is 0. The van der Waals surface area contributed by atoms with Gasteiger partial charge in [-0.3, -0.25) is 0 Å². The van der Waals surface area contributed by atoms with Crippen LogP contribution in [-0.2, 0) is 0 Å². The summed E-state index contributed by atoms with van der Waals surface area (Å²) in [4.78, 5) is 9.16. The molecule has 1 heterocycles. The van der Waals surface area contributed by atoms with Gasteiger partial charge in [0.15, 0.2) is 0 Å². The fourth-order valence-corrected chi connectivity index (χ4v) is 2.57. The van der Waals surface area contributed by atoms with Gasteiger partial charge in [-0.1, -0.05) is 26.2 Å². The molecule has 0 bridgehead atoms. The highest BCUT2D eigenvalue weighted by Crippen LogP contribution is 2.32. The fraction of sp³-hybridized carbons (Fsp3) is 0.714. The van der Waals surface area contributed by atoms with Crippen molar-refractivity contribution in [3.8, 4) is 0 Å². The van der Waals surface area contributed by atoms with E-state index < -0.39 is 0 Å². The quantitative estimate of drug-likeness (QED) is 0.872. The van der Waals surface area contributed by atoms with E-state index in [1.54, 1.807) is 0 Å². The number of rotatable bonds is 3. The van der Waals surface area contributed by atoms with Gasteiger partial charge in [0.25, 0.3) is 0 Å². The van der Waals surface area contributed by atoms with Crippen molar-refractivity contribution >= 4 is 0 Å². The zero-order valence-corrected chi connectivity index (χ0v) is 10.9. The topological polar surface area (TPSA) is 51.8 Å². The first-order valence-electron chi connectivity index (χ1n) is 6.81. The van der Waals surface area contributed by atoms with Crippen molar-refractivity contribution in [3.05, 3.63) is 23.3 Å². The molecule has 1 aliphatic rings. The lowest BCUT2D eigenvalue weighted by molar-refractivity contribution is 0.433. The molecule has 3 nitrogen and oxygen atoms in total. The third-order valence-corrected chi connectivity index (χ3v) is 3.69. The van der Waals surface area contributed by atoms with E-state index in [4.69, 9.17) is 10.7 Å². The first kappa shape index (κ1) is 12.5. The second-order valence-electron chi connectivity index (χ2n) is 5.14. The second-order valence-corrected chi connectivity index (χ2v) is 5.14. The van der Waals surface area contributed by atoms with E-state index in [2.05, 4.69) is 18.0 Å². The Morgan fingerprint density at radius 1 is 1.29 bits per heavy atom. The van der Waals surface area contributed by atoms with Crippen LogP contribution in [-0.4, -0.2) is 9.97 Å². The summed E-state index contributed by atoms with van der Waals surface area (Å²) < 4.78 is 0. The van der Waals surface area contributed by atoms with Gasteiger partial charge in [0.2, 0.25) is 0 Å². The summed E-state index contributed by atoms with van der Waals surface area (Å²) in [6.45, 7) is 4.12. The highest BCUT2D eigenvalue weighted by molar-refractivity contribution is 5.16. The molecule has 1 aromatic heterocycles. The molecule has 3 heteroatoms. The average molecular weight is 233 g/mol. The highest BCUT2D eigenvalue weighted by atomic mass is 14.9. The van der Waals surface area contributed by atoms with Gasteiger partial charge in [-0.15, -0.1) is 0 Å². The van der Waals surface area contributed by atoms with Crippen molar-refractivity contribution in [1.29, 1.82) is 0 Å². The van der Waals surface area contributed by atoms with Gasteiger partial charge in [-0.25, -0.2) is 9.97 Å². The molecule has 1 fully saturated rings. The minimum absolute atomic E-state index is 0.0164. The van der Waals surface area contributed by atoms with Gasteiger partial charge < -0.3 is 5.73 Å². The largest absolute Gasteiger partial charge is 0.321 e. The molecule has 1 aliphatic carbocycles. The molecule has 1 unspecified atom stereocenters. The van der Waals surface area contributed by atoms with Gasteiger partial charge >= 0.3 is 0 Å². The molecule has 0 radical (unpaired) electrons. The van der Waals surface area contributed by atoms with Crippen molar-refractivity contribution in [3.63, 3.8) is 0 Å². The van der Waals surface area contributed by atoms with Crippen molar-refractivity contribution in [2.45, 2.75) is 64.3 Å². The van der Waals surface area contributed by atoms with E-state index >= 15 is 0 Å². The van der Waals surface area contributed by atoms with Gasteiger partial charge in [-0.2, -0.15) is 0 Å². The summed E-state index contributed by atoms with van der Waals surface area (Å²) in [6, 6.07) is 2.12. The molecule has 1 saturated carbocycles. The minimum atomic E-state index is -0.0164. The molecule has 0 amide bonds. The van der Waals surface area contributed by atoms with Crippen LogP contribution < -0.4 is 5.73 Å². The van der Waals surface area contributed by atoms with Crippen LogP contribution in [0.3, 0.4) is 0 Å².